The molecule has 6 nitrogen and oxygen atoms in total. The lowest BCUT2D eigenvalue weighted by Gasteiger charge is -2.35. The van der Waals surface area contributed by atoms with Crippen LogP contribution in [0.15, 0.2) is 47.4 Å². The summed E-state index contributed by atoms with van der Waals surface area (Å²) in [4.78, 5) is 14.7. The Bertz CT molecular complexity index is 964. The van der Waals surface area contributed by atoms with Gasteiger partial charge in [-0.1, -0.05) is 29.8 Å². The Morgan fingerprint density at radius 1 is 1.03 bits per heavy atom. The fourth-order valence-electron chi connectivity index (χ4n) is 3.38. The van der Waals surface area contributed by atoms with Gasteiger partial charge in [0.2, 0.25) is 10.0 Å². The van der Waals surface area contributed by atoms with Gasteiger partial charge in [-0.25, -0.2) is 8.42 Å². The number of nitrogens with zero attached hydrogens (tertiary/aromatic N) is 2. The standard InChI is InChI=1S/C21H25ClN2O4S/c1-15-13-18(14-16(2)20(15)22)28-17(3)21(25)23-9-11-24(12-10-23)29(26,27)19-7-5-4-6-8-19/h4-8,13-14,17H,9-12H2,1-3H3/t17-/m1/s1. The van der Waals surface area contributed by atoms with Gasteiger partial charge in [0.25, 0.3) is 5.91 Å². The van der Waals surface area contributed by atoms with E-state index < -0.39 is 16.1 Å². The molecule has 1 fully saturated rings. The first-order valence-electron chi connectivity index (χ1n) is 9.47. The van der Waals surface area contributed by atoms with Crippen molar-refractivity contribution >= 4 is 27.5 Å². The van der Waals surface area contributed by atoms with Crippen LogP contribution >= 0.6 is 11.6 Å². The molecule has 0 bridgehead atoms. The molecule has 1 atom stereocenters. The highest BCUT2D eigenvalue weighted by Crippen LogP contribution is 2.27. The van der Waals surface area contributed by atoms with Crippen molar-refractivity contribution in [3.05, 3.63) is 58.6 Å². The minimum Gasteiger partial charge on any atom is -0.481 e. The van der Waals surface area contributed by atoms with E-state index in [0.29, 0.717) is 23.9 Å². The second-order valence-corrected chi connectivity index (χ2v) is 9.49. The quantitative estimate of drug-likeness (QED) is 0.721. The number of piperazine rings is 1. The van der Waals surface area contributed by atoms with Gasteiger partial charge in [-0.15, -0.1) is 0 Å². The Morgan fingerprint density at radius 2 is 1.59 bits per heavy atom. The van der Waals surface area contributed by atoms with E-state index in [2.05, 4.69) is 0 Å². The van der Waals surface area contributed by atoms with Crippen LogP contribution in [-0.4, -0.2) is 55.8 Å². The van der Waals surface area contributed by atoms with E-state index in [1.165, 1.54) is 4.31 Å². The van der Waals surface area contributed by atoms with Gasteiger partial charge in [0.1, 0.15) is 5.75 Å². The first kappa shape index (κ1) is 21.6. The monoisotopic (exact) mass is 436 g/mol. The highest BCUT2D eigenvalue weighted by Gasteiger charge is 2.32. The Morgan fingerprint density at radius 3 is 2.14 bits per heavy atom. The molecule has 8 heteroatoms. The summed E-state index contributed by atoms with van der Waals surface area (Å²) in [5, 5.41) is 0.687. The molecule has 1 amide bonds. The summed E-state index contributed by atoms with van der Waals surface area (Å²) >= 11 is 6.18. The SMILES string of the molecule is Cc1cc(O[C@H](C)C(=O)N2CCN(S(=O)(=O)c3ccccc3)CC2)cc(C)c1Cl. The minimum atomic E-state index is -3.54. The van der Waals surface area contributed by atoms with Crippen LogP contribution in [0.1, 0.15) is 18.1 Å². The van der Waals surface area contributed by atoms with Crippen molar-refractivity contribution in [2.24, 2.45) is 0 Å². The average molecular weight is 437 g/mol. The summed E-state index contributed by atoms with van der Waals surface area (Å²) in [5.41, 5.74) is 1.78. The maximum atomic E-state index is 12.8. The van der Waals surface area contributed by atoms with Gasteiger partial charge in [-0.3, -0.25) is 4.79 Å². The molecular weight excluding hydrogens is 412 g/mol. The first-order valence-corrected chi connectivity index (χ1v) is 11.3. The van der Waals surface area contributed by atoms with Crippen LogP contribution in [-0.2, 0) is 14.8 Å². The number of sulfonamides is 1. The fourth-order valence-corrected chi connectivity index (χ4v) is 4.93. The third kappa shape index (κ3) is 4.74. The summed E-state index contributed by atoms with van der Waals surface area (Å²) in [6.45, 7) is 6.66. The van der Waals surface area contributed by atoms with Crippen molar-refractivity contribution in [1.82, 2.24) is 9.21 Å². The molecule has 0 radical (unpaired) electrons. The number of amides is 1. The molecule has 0 N–H and O–H groups in total. The summed E-state index contributed by atoms with van der Waals surface area (Å²) < 4.78 is 32.7. The summed E-state index contributed by atoms with van der Waals surface area (Å²) in [6.07, 6.45) is -0.674. The Hall–Kier alpha value is -2.09. The van der Waals surface area contributed by atoms with Crippen LogP contribution < -0.4 is 4.74 Å². The van der Waals surface area contributed by atoms with Gasteiger partial charge in [0, 0.05) is 31.2 Å². The number of hydrogen-bond acceptors (Lipinski definition) is 4. The van der Waals surface area contributed by atoms with Crippen LogP contribution in [0, 0.1) is 13.8 Å². The molecule has 2 aromatic carbocycles. The maximum absolute atomic E-state index is 12.8. The third-order valence-electron chi connectivity index (χ3n) is 5.00. The van der Waals surface area contributed by atoms with Crippen LogP contribution in [0.4, 0.5) is 0 Å². The number of halogens is 1. The molecule has 1 heterocycles. The van der Waals surface area contributed by atoms with Gasteiger partial charge >= 0.3 is 0 Å². The van der Waals surface area contributed by atoms with Crippen LogP contribution in [0.3, 0.4) is 0 Å². The van der Waals surface area contributed by atoms with Gasteiger partial charge in [-0.2, -0.15) is 4.31 Å². The van der Waals surface area contributed by atoms with Crippen molar-refractivity contribution in [3.63, 3.8) is 0 Å². The van der Waals surface area contributed by atoms with Gasteiger partial charge in [0.15, 0.2) is 6.10 Å². The second-order valence-electron chi connectivity index (χ2n) is 7.17. The lowest BCUT2D eigenvalue weighted by Crippen LogP contribution is -2.53. The van der Waals surface area contributed by atoms with Crippen molar-refractivity contribution < 1.29 is 17.9 Å². The molecular formula is C21H25ClN2O4S. The third-order valence-corrected chi connectivity index (χ3v) is 7.51. The Kier molecular flexibility index (Phi) is 6.51. The second kappa shape index (κ2) is 8.73. The van der Waals surface area contributed by atoms with Crippen molar-refractivity contribution in [1.29, 1.82) is 0 Å². The summed E-state index contributed by atoms with van der Waals surface area (Å²) in [6, 6.07) is 12.0. The Balaban J connectivity index is 1.61. The highest BCUT2D eigenvalue weighted by molar-refractivity contribution is 7.89. The number of aryl methyl sites for hydroxylation is 2. The van der Waals surface area contributed by atoms with E-state index >= 15 is 0 Å². The molecule has 1 aliphatic rings. The number of hydrogen-bond donors (Lipinski definition) is 0. The molecule has 0 unspecified atom stereocenters. The fraction of sp³-hybridized carbons (Fsp3) is 0.381. The Labute approximate surface area is 177 Å². The minimum absolute atomic E-state index is 0.160. The van der Waals surface area contributed by atoms with E-state index in [-0.39, 0.29) is 23.9 Å². The zero-order valence-electron chi connectivity index (χ0n) is 16.8. The largest absolute Gasteiger partial charge is 0.481 e. The topological polar surface area (TPSA) is 66.9 Å². The number of carbonyl (C=O) groups is 1. The predicted molar refractivity (Wildman–Crippen MR) is 113 cm³/mol. The predicted octanol–water partition coefficient (Wildman–Crippen LogP) is 3.26. The van der Waals surface area contributed by atoms with Crippen molar-refractivity contribution in [2.75, 3.05) is 26.2 Å². The van der Waals surface area contributed by atoms with Crippen molar-refractivity contribution in [2.45, 2.75) is 31.8 Å². The molecule has 1 saturated heterocycles. The number of rotatable bonds is 5. The van der Waals surface area contributed by atoms with Gasteiger partial charge in [0.05, 0.1) is 4.90 Å². The average Bonchev–Trinajstić information content (AvgIpc) is 2.72. The van der Waals surface area contributed by atoms with Crippen LogP contribution in [0.25, 0.3) is 0 Å². The van der Waals surface area contributed by atoms with E-state index in [0.717, 1.165) is 11.1 Å². The first-order chi connectivity index (χ1) is 13.7. The number of ether oxygens (including phenoxy) is 1. The zero-order valence-corrected chi connectivity index (χ0v) is 18.3. The van der Waals surface area contributed by atoms with Crippen LogP contribution in [0.5, 0.6) is 5.75 Å². The number of benzene rings is 2. The van der Waals surface area contributed by atoms with E-state index in [9.17, 15) is 13.2 Å². The zero-order chi connectivity index (χ0) is 21.2. The molecule has 0 saturated carbocycles. The smallest absolute Gasteiger partial charge is 0.263 e. The van der Waals surface area contributed by atoms with E-state index in [1.54, 1.807) is 42.2 Å². The maximum Gasteiger partial charge on any atom is 0.263 e. The van der Waals surface area contributed by atoms with E-state index in [1.807, 2.05) is 26.0 Å². The molecule has 0 spiro atoms. The molecule has 0 aliphatic carbocycles. The summed E-state index contributed by atoms with van der Waals surface area (Å²) in [5.74, 6) is 0.433. The molecule has 29 heavy (non-hydrogen) atoms. The van der Waals surface area contributed by atoms with E-state index in [4.69, 9.17) is 16.3 Å². The lowest BCUT2D eigenvalue weighted by atomic mass is 10.1. The molecule has 1 aliphatic heterocycles. The van der Waals surface area contributed by atoms with Gasteiger partial charge < -0.3 is 9.64 Å². The van der Waals surface area contributed by atoms with Crippen LogP contribution in [0.2, 0.25) is 5.02 Å². The van der Waals surface area contributed by atoms with Gasteiger partial charge in [-0.05, 0) is 56.2 Å². The highest BCUT2D eigenvalue weighted by atomic mass is 35.5. The molecule has 2 aromatic rings. The summed E-state index contributed by atoms with van der Waals surface area (Å²) in [7, 11) is -3.54. The molecule has 0 aromatic heterocycles. The normalized spacial score (nSPS) is 16.5. The lowest BCUT2D eigenvalue weighted by molar-refractivity contribution is -0.139. The van der Waals surface area contributed by atoms with Crippen molar-refractivity contribution in [3.8, 4) is 5.75 Å². The molecule has 156 valence electrons. The number of carbonyl (C=O) groups excluding carboxylic acids is 1. The molecule has 3 rings (SSSR count).